The van der Waals surface area contributed by atoms with Crippen LogP contribution in [0.2, 0.25) is 0 Å². The van der Waals surface area contributed by atoms with Gasteiger partial charge in [0.1, 0.15) is 0 Å². The van der Waals surface area contributed by atoms with E-state index in [0.717, 1.165) is 28.9 Å². The monoisotopic (exact) mass is 356 g/mol. The number of anilines is 1. The van der Waals surface area contributed by atoms with Crippen molar-refractivity contribution in [3.8, 4) is 0 Å². The molecule has 1 aromatic carbocycles. The molecule has 2 aliphatic rings. The second-order valence-electron chi connectivity index (χ2n) is 6.54. The van der Waals surface area contributed by atoms with Crippen LogP contribution in [-0.4, -0.2) is 32.3 Å². The molecule has 3 rings (SSSR count). The zero-order valence-electron chi connectivity index (χ0n) is 15.3. The molecule has 2 N–H and O–H groups in total. The van der Waals surface area contributed by atoms with Crippen molar-refractivity contribution in [2.45, 2.75) is 32.1 Å². The zero-order valence-corrected chi connectivity index (χ0v) is 15.3. The molecule has 0 saturated carbocycles. The molecule has 0 bridgehead atoms. The van der Waals surface area contributed by atoms with E-state index in [9.17, 15) is 9.59 Å². The minimum atomic E-state index is -0.426. The Balaban J connectivity index is 1.98. The molecule has 0 unspecified atom stereocenters. The molecular weight excluding hydrogens is 332 g/mol. The second-order valence-corrected chi connectivity index (χ2v) is 6.54. The van der Waals surface area contributed by atoms with Crippen LogP contribution in [0.3, 0.4) is 0 Å². The molecule has 138 valence electrons. The highest BCUT2D eigenvalue weighted by Gasteiger charge is 2.46. The highest BCUT2D eigenvalue weighted by atomic mass is 16.5. The Morgan fingerprint density at radius 2 is 2.15 bits per heavy atom. The molecule has 0 spiro atoms. The maximum atomic E-state index is 12.3. The first-order valence-corrected chi connectivity index (χ1v) is 8.80. The fourth-order valence-electron chi connectivity index (χ4n) is 3.75. The molecule has 6 heteroatoms. The first-order chi connectivity index (χ1) is 12.5. The van der Waals surface area contributed by atoms with E-state index >= 15 is 0 Å². The summed E-state index contributed by atoms with van der Waals surface area (Å²) in [7, 11) is 1.38. The highest BCUT2D eigenvalue weighted by Crippen LogP contribution is 2.51. The Morgan fingerprint density at radius 1 is 1.35 bits per heavy atom. The van der Waals surface area contributed by atoms with Crippen LogP contribution in [0.15, 0.2) is 41.6 Å². The minimum Gasteiger partial charge on any atom is -0.465 e. The van der Waals surface area contributed by atoms with Crippen LogP contribution < -0.4 is 10.6 Å². The number of nitrogens with one attached hydrogen (secondary N) is 2. The fourth-order valence-corrected chi connectivity index (χ4v) is 3.75. The van der Waals surface area contributed by atoms with Crippen LogP contribution in [0.1, 0.15) is 30.9 Å². The van der Waals surface area contributed by atoms with E-state index in [-0.39, 0.29) is 11.4 Å². The molecule has 0 aromatic heterocycles. The van der Waals surface area contributed by atoms with E-state index in [1.807, 2.05) is 31.2 Å². The van der Waals surface area contributed by atoms with Gasteiger partial charge in [0.15, 0.2) is 0 Å². The molecule has 0 radical (unpaired) electrons. The Hall–Kier alpha value is -2.76. The summed E-state index contributed by atoms with van der Waals surface area (Å²) in [6.07, 6.45) is 4.78. The lowest BCUT2D eigenvalue weighted by atomic mass is 9.70. The third-order valence-corrected chi connectivity index (χ3v) is 4.95. The Morgan fingerprint density at radius 3 is 2.88 bits per heavy atom. The van der Waals surface area contributed by atoms with Crippen molar-refractivity contribution in [3.05, 3.63) is 52.7 Å². The quantitative estimate of drug-likeness (QED) is 0.793. The van der Waals surface area contributed by atoms with Gasteiger partial charge >= 0.3 is 12.1 Å². The van der Waals surface area contributed by atoms with Crippen LogP contribution in [0.5, 0.6) is 0 Å². The predicted octanol–water partition coefficient (Wildman–Crippen LogP) is 3.18. The standard InChI is InChI=1S/C20H24N2O4/c1-4-26-19(24)21-11-10-20-9-5-6-14(18(23)25-3)17(20)22-16-8-7-13(2)12-15(16)20/h5-8,12,22H,4,9-11H2,1-3H3,(H,21,24)/t20-/m0/s1. The number of amides is 1. The van der Waals surface area contributed by atoms with Crippen molar-refractivity contribution >= 4 is 17.7 Å². The van der Waals surface area contributed by atoms with E-state index in [4.69, 9.17) is 9.47 Å². The Kier molecular flexibility index (Phi) is 5.02. The van der Waals surface area contributed by atoms with Gasteiger partial charge in [-0.15, -0.1) is 0 Å². The van der Waals surface area contributed by atoms with Gasteiger partial charge in [-0.3, -0.25) is 0 Å². The summed E-state index contributed by atoms with van der Waals surface area (Å²) < 4.78 is 9.90. The van der Waals surface area contributed by atoms with Gasteiger partial charge in [0.05, 0.1) is 19.3 Å². The molecule has 26 heavy (non-hydrogen) atoms. The summed E-state index contributed by atoms with van der Waals surface area (Å²) in [5, 5.41) is 6.21. The van der Waals surface area contributed by atoms with E-state index in [1.165, 1.54) is 7.11 Å². The summed E-state index contributed by atoms with van der Waals surface area (Å²) in [6.45, 7) is 4.60. The van der Waals surface area contributed by atoms with Gasteiger partial charge in [-0.1, -0.05) is 23.8 Å². The van der Waals surface area contributed by atoms with E-state index < -0.39 is 6.09 Å². The van der Waals surface area contributed by atoms with Crippen LogP contribution in [0, 0.1) is 6.92 Å². The number of allylic oxidation sites excluding steroid dienone is 2. The summed E-state index contributed by atoms with van der Waals surface area (Å²) >= 11 is 0. The van der Waals surface area contributed by atoms with E-state index in [2.05, 4.69) is 16.7 Å². The number of carbonyl (C=O) groups excluding carboxylic acids is 2. The van der Waals surface area contributed by atoms with Crippen LogP contribution in [0.4, 0.5) is 10.5 Å². The van der Waals surface area contributed by atoms with Crippen LogP contribution in [0.25, 0.3) is 0 Å². The number of alkyl carbamates (subject to hydrolysis) is 1. The smallest absolute Gasteiger partial charge is 0.407 e. The van der Waals surface area contributed by atoms with Crippen molar-refractivity contribution in [3.63, 3.8) is 0 Å². The molecule has 1 aliphatic carbocycles. The maximum absolute atomic E-state index is 12.3. The van der Waals surface area contributed by atoms with Gasteiger partial charge in [-0.2, -0.15) is 0 Å². The number of benzene rings is 1. The SMILES string of the molecule is CCOC(=O)NCC[C@]12CC=CC(C(=O)OC)=C1Nc1ccc(C)cc12. The number of carbonyl (C=O) groups is 2. The third-order valence-electron chi connectivity index (χ3n) is 4.95. The lowest BCUT2D eigenvalue weighted by molar-refractivity contribution is -0.135. The Labute approximate surface area is 153 Å². The number of aryl methyl sites for hydroxylation is 1. The summed E-state index contributed by atoms with van der Waals surface area (Å²) in [4.78, 5) is 23.9. The third kappa shape index (κ3) is 3.07. The van der Waals surface area contributed by atoms with Gasteiger partial charge in [0, 0.05) is 23.3 Å². The average Bonchev–Trinajstić information content (AvgIpc) is 2.95. The van der Waals surface area contributed by atoms with Gasteiger partial charge in [-0.05, 0) is 44.4 Å². The summed E-state index contributed by atoms with van der Waals surface area (Å²) in [5.41, 5.74) is 4.27. The molecule has 1 aliphatic heterocycles. The van der Waals surface area contributed by atoms with Crippen molar-refractivity contribution in [1.82, 2.24) is 5.32 Å². The molecule has 0 fully saturated rings. The van der Waals surface area contributed by atoms with E-state index in [1.54, 1.807) is 6.92 Å². The molecule has 1 atom stereocenters. The van der Waals surface area contributed by atoms with Gasteiger partial charge in [-0.25, -0.2) is 9.59 Å². The molecular formula is C20H24N2O4. The van der Waals surface area contributed by atoms with Crippen LogP contribution in [-0.2, 0) is 19.7 Å². The number of methoxy groups -OCH3 is 1. The number of hydrogen-bond acceptors (Lipinski definition) is 5. The first-order valence-electron chi connectivity index (χ1n) is 8.80. The Bertz CT molecular complexity index is 797. The topological polar surface area (TPSA) is 76.7 Å². The summed E-state index contributed by atoms with van der Waals surface area (Å²) in [5.74, 6) is -0.365. The van der Waals surface area contributed by atoms with Crippen molar-refractivity contribution in [2.75, 3.05) is 25.6 Å². The lowest BCUT2D eigenvalue weighted by Gasteiger charge is -2.33. The molecule has 1 amide bonds. The second kappa shape index (κ2) is 7.23. The first kappa shape index (κ1) is 18.0. The lowest BCUT2D eigenvalue weighted by Crippen LogP contribution is -2.36. The molecule has 1 heterocycles. The largest absolute Gasteiger partial charge is 0.465 e. The van der Waals surface area contributed by atoms with Gasteiger partial charge < -0.3 is 20.1 Å². The number of hydrogen-bond donors (Lipinski definition) is 2. The number of fused-ring (bicyclic) bond motifs is 3. The number of ether oxygens (including phenoxy) is 2. The fraction of sp³-hybridized carbons (Fsp3) is 0.400. The predicted molar refractivity (Wildman–Crippen MR) is 98.9 cm³/mol. The zero-order chi connectivity index (χ0) is 18.7. The normalized spacial score (nSPS) is 20.1. The van der Waals surface area contributed by atoms with Crippen LogP contribution >= 0.6 is 0 Å². The van der Waals surface area contributed by atoms with Crippen molar-refractivity contribution in [1.29, 1.82) is 0 Å². The highest BCUT2D eigenvalue weighted by molar-refractivity contribution is 5.95. The van der Waals surface area contributed by atoms with Gasteiger partial charge in [0.25, 0.3) is 0 Å². The molecule has 0 saturated heterocycles. The summed E-state index contributed by atoms with van der Waals surface area (Å²) in [6, 6.07) is 6.22. The average molecular weight is 356 g/mol. The number of rotatable bonds is 5. The van der Waals surface area contributed by atoms with E-state index in [0.29, 0.717) is 25.1 Å². The molecule has 1 aromatic rings. The number of esters is 1. The van der Waals surface area contributed by atoms with Crippen molar-refractivity contribution in [2.24, 2.45) is 0 Å². The maximum Gasteiger partial charge on any atom is 0.407 e. The minimum absolute atomic E-state index is 0.334. The molecule has 6 nitrogen and oxygen atoms in total. The van der Waals surface area contributed by atoms with Crippen molar-refractivity contribution < 1.29 is 19.1 Å². The van der Waals surface area contributed by atoms with Gasteiger partial charge in [0.2, 0.25) is 0 Å².